The molecule has 0 saturated carbocycles. The molecule has 0 aromatic heterocycles. The second kappa shape index (κ2) is 5.65. The van der Waals surface area contributed by atoms with E-state index in [2.05, 4.69) is 6.58 Å². The van der Waals surface area contributed by atoms with Crippen molar-refractivity contribution in [3.05, 3.63) is 36.4 Å². The predicted octanol–water partition coefficient (Wildman–Crippen LogP) is 2.26. The predicted molar refractivity (Wildman–Crippen MR) is 48.9 cm³/mol. The van der Waals surface area contributed by atoms with Gasteiger partial charge >= 0.3 is 6.16 Å². The van der Waals surface area contributed by atoms with E-state index in [9.17, 15) is 0 Å². The third-order valence-electron chi connectivity index (χ3n) is 1.13. The van der Waals surface area contributed by atoms with E-state index in [1.807, 2.05) is 12.1 Å². The van der Waals surface area contributed by atoms with Gasteiger partial charge in [0.2, 0.25) is 0 Å². The third-order valence-corrected chi connectivity index (χ3v) is 1.13. The van der Waals surface area contributed by atoms with Crippen LogP contribution in [0.5, 0.6) is 5.75 Å². The van der Waals surface area contributed by atoms with Crippen LogP contribution in [0.2, 0.25) is 0 Å². The Morgan fingerprint density at radius 3 is 1.92 bits per heavy atom. The lowest BCUT2D eigenvalue weighted by molar-refractivity contribution is 0.137. The normalized spacial score (nSPS) is 8.00. The zero-order valence-electron chi connectivity index (χ0n) is 6.84. The van der Waals surface area contributed by atoms with Crippen LogP contribution in [-0.4, -0.2) is 21.5 Å². The van der Waals surface area contributed by atoms with Crippen LogP contribution < -0.4 is 0 Å². The Morgan fingerprint density at radius 1 is 1.23 bits per heavy atom. The lowest BCUT2D eigenvalue weighted by Gasteiger charge is -1.90. The Hall–Kier alpha value is -1.97. The highest BCUT2D eigenvalue weighted by molar-refractivity contribution is 5.53. The van der Waals surface area contributed by atoms with Crippen molar-refractivity contribution in [2.75, 3.05) is 0 Å². The molecule has 0 radical (unpaired) electrons. The maximum Gasteiger partial charge on any atom is 0.503 e. The molecule has 0 amide bonds. The van der Waals surface area contributed by atoms with Gasteiger partial charge in [-0.3, -0.25) is 0 Å². The average Bonchev–Trinajstić information content (AvgIpc) is 2.05. The van der Waals surface area contributed by atoms with Gasteiger partial charge in [0.25, 0.3) is 0 Å². The Kier molecular flexibility index (Phi) is 4.79. The second-order valence-corrected chi connectivity index (χ2v) is 2.08. The van der Waals surface area contributed by atoms with Gasteiger partial charge in [0.1, 0.15) is 5.75 Å². The fraction of sp³-hybridized carbons (Fsp3) is 0. The minimum Gasteiger partial charge on any atom is -0.508 e. The molecule has 0 spiro atoms. The Balaban J connectivity index is 0.000000310. The van der Waals surface area contributed by atoms with Crippen LogP contribution in [0, 0.1) is 0 Å². The van der Waals surface area contributed by atoms with E-state index < -0.39 is 6.16 Å². The summed E-state index contributed by atoms with van der Waals surface area (Å²) in [6.45, 7) is 3.58. The topological polar surface area (TPSA) is 77.8 Å². The lowest BCUT2D eigenvalue weighted by atomic mass is 10.2. The van der Waals surface area contributed by atoms with E-state index in [4.69, 9.17) is 20.1 Å². The van der Waals surface area contributed by atoms with Crippen molar-refractivity contribution in [1.82, 2.24) is 0 Å². The fourth-order valence-electron chi connectivity index (χ4n) is 0.610. The molecule has 0 aliphatic heterocycles. The number of carbonyl (C=O) groups is 1. The zero-order chi connectivity index (χ0) is 10.3. The molecule has 1 aromatic rings. The minimum absolute atomic E-state index is 0.292. The van der Waals surface area contributed by atoms with Crippen molar-refractivity contribution in [2.45, 2.75) is 0 Å². The van der Waals surface area contributed by atoms with Gasteiger partial charge in [0.05, 0.1) is 0 Å². The second-order valence-electron chi connectivity index (χ2n) is 2.08. The first-order valence-electron chi connectivity index (χ1n) is 3.39. The lowest BCUT2D eigenvalue weighted by Crippen LogP contribution is -1.81. The smallest absolute Gasteiger partial charge is 0.503 e. The van der Waals surface area contributed by atoms with E-state index in [0.29, 0.717) is 5.75 Å². The zero-order valence-corrected chi connectivity index (χ0v) is 6.84. The first-order chi connectivity index (χ1) is 6.06. The molecule has 1 aromatic carbocycles. The summed E-state index contributed by atoms with van der Waals surface area (Å²) in [4.78, 5) is 8.56. The van der Waals surface area contributed by atoms with Crippen LogP contribution in [-0.2, 0) is 0 Å². The molecule has 0 aliphatic rings. The van der Waals surface area contributed by atoms with Crippen molar-refractivity contribution >= 4 is 12.2 Å². The Bertz CT molecular complexity index is 272. The maximum atomic E-state index is 8.82. The van der Waals surface area contributed by atoms with Gasteiger partial charge in [-0.25, -0.2) is 4.79 Å². The molecule has 3 N–H and O–H groups in total. The Morgan fingerprint density at radius 2 is 1.62 bits per heavy atom. The molecular weight excluding hydrogens is 172 g/mol. The highest BCUT2D eigenvalue weighted by Gasteiger charge is 1.84. The van der Waals surface area contributed by atoms with Crippen LogP contribution in [0.4, 0.5) is 4.79 Å². The summed E-state index contributed by atoms with van der Waals surface area (Å²) in [6, 6.07) is 6.89. The number of phenolic OH excluding ortho intramolecular Hbond substituents is 1. The van der Waals surface area contributed by atoms with Crippen molar-refractivity contribution < 1.29 is 20.1 Å². The standard InChI is InChI=1S/C8H8O.CH2O3/c1-2-7-3-5-8(9)6-4-7;2-1(3)4/h2-6,9H,1H2;(H2,2,3,4). The largest absolute Gasteiger partial charge is 0.508 e. The number of carboxylic acid groups (broad SMARTS) is 2. The van der Waals surface area contributed by atoms with Crippen molar-refractivity contribution in [1.29, 1.82) is 0 Å². The van der Waals surface area contributed by atoms with Gasteiger partial charge in [-0.05, 0) is 17.7 Å². The van der Waals surface area contributed by atoms with Gasteiger partial charge < -0.3 is 15.3 Å². The number of benzene rings is 1. The van der Waals surface area contributed by atoms with Gasteiger partial charge in [-0.15, -0.1) is 0 Å². The molecule has 4 heteroatoms. The fourth-order valence-corrected chi connectivity index (χ4v) is 0.610. The number of aromatic hydroxyl groups is 1. The molecule has 1 rings (SSSR count). The van der Waals surface area contributed by atoms with Crippen LogP contribution >= 0.6 is 0 Å². The first kappa shape index (κ1) is 11.0. The summed E-state index contributed by atoms with van der Waals surface area (Å²) in [5.74, 6) is 0.292. The molecule has 0 saturated heterocycles. The molecule has 13 heavy (non-hydrogen) atoms. The summed E-state index contributed by atoms with van der Waals surface area (Å²) in [6.07, 6.45) is -0.0978. The highest BCUT2D eigenvalue weighted by Crippen LogP contribution is 2.09. The molecule has 0 unspecified atom stereocenters. The van der Waals surface area contributed by atoms with Crippen LogP contribution in [0.15, 0.2) is 30.8 Å². The minimum atomic E-state index is -1.83. The summed E-state index contributed by atoms with van der Waals surface area (Å²) < 4.78 is 0. The van der Waals surface area contributed by atoms with Crippen LogP contribution in [0.25, 0.3) is 6.08 Å². The first-order valence-corrected chi connectivity index (χ1v) is 3.39. The number of phenols is 1. The van der Waals surface area contributed by atoms with Gasteiger partial charge in [-0.1, -0.05) is 24.8 Å². The van der Waals surface area contributed by atoms with E-state index >= 15 is 0 Å². The SMILES string of the molecule is C=Cc1ccc(O)cc1.O=C(O)O. The van der Waals surface area contributed by atoms with Crippen LogP contribution in [0.3, 0.4) is 0 Å². The van der Waals surface area contributed by atoms with E-state index in [1.54, 1.807) is 18.2 Å². The van der Waals surface area contributed by atoms with Gasteiger partial charge in [0.15, 0.2) is 0 Å². The Labute approximate surface area is 75.4 Å². The quantitative estimate of drug-likeness (QED) is 0.622. The number of hydrogen-bond acceptors (Lipinski definition) is 2. The van der Waals surface area contributed by atoms with Gasteiger partial charge in [0, 0.05) is 0 Å². The van der Waals surface area contributed by atoms with Gasteiger partial charge in [-0.2, -0.15) is 0 Å². The molecular formula is C9H10O4. The van der Waals surface area contributed by atoms with Crippen LogP contribution in [0.1, 0.15) is 5.56 Å². The molecule has 0 aliphatic carbocycles. The highest BCUT2D eigenvalue weighted by atomic mass is 16.6. The maximum absolute atomic E-state index is 8.82. The van der Waals surface area contributed by atoms with Crippen molar-refractivity contribution in [3.63, 3.8) is 0 Å². The summed E-state index contributed by atoms with van der Waals surface area (Å²) in [5.41, 5.74) is 1.02. The molecule has 4 nitrogen and oxygen atoms in total. The molecule has 0 heterocycles. The van der Waals surface area contributed by atoms with E-state index in [-0.39, 0.29) is 0 Å². The number of hydrogen-bond donors (Lipinski definition) is 3. The molecule has 0 fully saturated rings. The summed E-state index contributed by atoms with van der Waals surface area (Å²) in [5, 5.41) is 22.8. The molecule has 0 atom stereocenters. The summed E-state index contributed by atoms with van der Waals surface area (Å²) >= 11 is 0. The van der Waals surface area contributed by atoms with E-state index in [1.165, 1.54) is 0 Å². The van der Waals surface area contributed by atoms with E-state index in [0.717, 1.165) is 5.56 Å². The van der Waals surface area contributed by atoms with Crippen molar-refractivity contribution in [3.8, 4) is 5.75 Å². The third kappa shape index (κ3) is 6.43. The average molecular weight is 182 g/mol. The molecule has 70 valence electrons. The van der Waals surface area contributed by atoms with Crippen molar-refractivity contribution in [2.24, 2.45) is 0 Å². The monoisotopic (exact) mass is 182 g/mol. The number of rotatable bonds is 1. The summed E-state index contributed by atoms with van der Waals surface area (Å²) in [7, 11) is 0. The molecule has 0 bridgehead atoms.